The van der Waals surface area contributed by atoms with E-state index in [9.17, 15) is 4.79 Å². The standard InChI is InChI=1S/C16H14Cl2N2O/c1-10-3-4-12(11(2)7-10)9-19-20-16(21)14-8-13(17)5-6-15(14)18/h3-9H,1-2H3,(H,20,21)/b19-9-. The van der Waals surface area contributed by atoms with Gasteiger partial charge in [-0.25, -0.2) is 5.43 Å². The summed E-state index contributed by atoms with van der Waals surface area (Å²) in [6.45, 7) is 4.01. The van der Waals surface area contributed by atoms with Gasteiger partial charge in [-0.2, -0.15) is 5.10 Å². The van der Waals surface area contributed by atoms with Gasteiger partial charge in [0.05, 0.1) is 16.8 Å². The highest BCUT2D eigenvalue weighted by molar-refractivity contribution is 6.35. The first-order chi connectivity index (χ1) is 9.97. The summed E-state index contributed by atoms with van der Waals surface area (Å²) in [5.41, 5.74) is 5.95. The third-order valence-corrected chi connectivity index (χ3v) is 3.53. The summed E-state index contributed by atoms with van der Waals surface area (Å²) in [6, 6.07) is 10.7. The number of rotatable bonds is 3. The fourth-order valence-electron chi connectivity index (χ4n) is 1.86. The second-order valence-electron chi connectivity index (χ2n) is 4.68. The van der Waals surface area contributed by atoms with Crippen LogP contribution in [0.3, 0.4) is 0 Å². The molecule has 2 rings (SSSR count). The molecule has 2 aromatic carbocycles. The number of nitrogens with zero attached hydrogens (tertiary/aromatic N) is 1. The SMILES string of the molecule is Cc1ccc(/C=N\NC(=O)c2cc(Cl)ccc2Cl)c(C)c1. The Labute approximate surface area is 133 Å². The maximum Gasteiger partial charge on any atom is 0.272 e. The van der Waals surface area contributed by atoms with Crippen molar-refractivity contribution in [2.45, 2.75) is 13.8 Å². The Morgan fingerprint density at radius 2 is 1.90 bits per heavy atom. The van der Waals surface area contributed by atoms with Crippen LogP contribution in [0.2, 0.25) is 10.0 Å². The van der Waals surface area contributed by atoms with Crippen LogP contribution >= 0.6 is 23.2 Å². The summed E-state index contributed by atoms with van der Waals surface area (Å²) in [7, 11) is 0. The van der Waals surface area contributed by atoms with Gasteiger partial charge in [-0.05, 0) is 43.2 Å². The van der Waals surface area contributed by atoms with E-state index in [-0.39, 0.29) is 0 Å². The van der Waals surface area contributed by atoms with Crippen molar-refractivity contribution in [2.24, 2.45) is 5.10 Å². The molecular formula is C16H14Cl2N2O. The Kier molecular flexibility index (Phi) is 4.99. The monoisotopic (exact) mass is 320 g/mol. The highest BCUT2D eigenvalue weighted by atomic mass is 35.5. The molecule has 1 amide bonds. The van der Waals surface area contributed by atoms with E-state index in [1.165, 1.54) is 11.6 Å². The number of hydrogen-bond acceptors (Lipinski definition) is 2. The zero-order valence-electron chi connectivity index (χ0n) is 11.7. The molecule has 0 unspecified atom stereocenters. The maximum atomic E-state index is 12.0. The lowest BCUT2D eigenvalue weighted by Crippen LogP contribution is -2.18. The Balaban J connectivity index is 2.10. The Hall–Kier alpha value is -1.84. The molecule has 0 spiro atoms. The Morgan fingerprint density at radius 3 is 2.62 bits per heavy atom. The molecule has 5 heteroatoms. The fourth-order valence-corrected chi connectivity index (χ4v) is 2.24. The number of amides is 1. The molecule has 1 N–H and O–H groups in total. The molecule has 0 aliphatic heterocycles. The zero-order valence-corrected chi connectivity index (χ0v) is 13.2. The third kappa shape index (κ3) is 4.06. The minimum absolute atomic E-state index is 0.293. The average Bonchev–Trinajstić information content (AvgIpc) is 2.43. The second-order valence-corrected chi connectivity index (χ2v) is 5.53. The van der Waals surface area contributed by atoms with Crippen molar-refractivity contribution in [3.63, 3.8) is 0 Å². The van der Waals surface area contributed by atoms with Gasteiger partial charge in [0, 0.05) is 5.02 Å². The number of hydrazone groups is 1. The number of carbonyl (C=O) groups is 1. The van der Waals surface area contributed by atoms with Crippen LogP contribution in [0, 0.1) is 13.8 Å². The van der Waals surface area contributed by atoms with E-state index in [1.54, 1.807) is 18.3 Å². The molecule has 0 aromatic heterocycles. The summed E-state index contributed by atoms with van der Waals surface area (Å²) in [6.07, 6.45) is 1.60. The van der Waals surface area contributed by atoms with Gasteiger partial charge >= 0.3 is 0 Å². The van der Waals surface area contributed by atoms with Gasteiger partial charge in [0.25, 0.3) is 5.91 Å². The van der Waals surface area contributed by atoms with Gasteiger partial charge in [-0.3, -0.25) is 4.79 Å². The van der Waals surface area contributed by atoms with E-state index in [0.29, 0.717) is 15.6 Å². The first-order valence-corrected chi connectivity index (χ1v) is 7.08. The summed E-state index contributed by atoms with van der Waals surface area (Å²) >= 11 is 11.8. The third-order valence-electron chi connectivity index (χ3n) is 2.97. The highest BCUT2D eigenvalue weighted by Crippen LogP contribution is 2.20. The van der Waals surface area contributed by atoms with Gasteiger partial charge in [0.2, 0.25) is 0 Å². The summed E-state index contributed by atoms with van der Waals surface area (Å²) in [5, 5.41) is 4.73. The molecular weight excluding hydrogens is 307 g/mol. The molecule has 0 radical (unpaired) electrons. The molecule has 21 heavy (non-hydrogen) atoms. The molecule has 0 bridgehead atoms. The average molecular weight is 321 g/mol. The summed E-state index contributed by atoms with van der Waals surface area (Å²) in [5.74, 6) is -0.400. The van der Waals surface area contributed by atoms with Crippen LogP contribution in [0.25, 0.3) is 0 Å². The molecule has 0 atom stereocenters. The van der Waals surface area contributed by atoms with E-state index >= 15 is 0 Å². The second kappa shape index (κ2) is 6.74. The van der Waals surface area contributed by atoms with Crippen molar-refractivity contribution in [1.82, 2.24) is 5.43 Å². The summed E-state index contributed by atoms with van der Waals surface area (Å²) < 4.78 is 0. The lowest BCUT2D eigenvalue weighted by atomic mass is 10.1. The van der Waals surface area contributed by atoms with Crippen LogP contribution in [-0.2, 0) is 0 Å². The molecule has 2 aromatic rings. The van der Waals surface area contributed by atoms with Crippen LogP contribution in [0.1, 0.15) is 27.0 Å². The van der Waals surface area contributed by atoms with Gasteiger partial charge in [0.1, 0.15) is 0 Å². The van der Waals surface area contributed by atoms with Crippen LogP contribution < -0.4 is 5.43 Å². The smallest absolute Gasteiger partial charge is 0.267 e. The molecule has 0 fully saturated rings. The quantitative estimate of drug-likeness (QED) is 0.662. The Bertz CT molecular complexity index is 711. The Morgan fingerprint density at radius 1 is 1.14 bits per heavy atom. The van der Waals surface area contributed by atoms with E-state index in [1.807, 2.05) is 26.0 Å². The minimum Gasteiger partial charge on any atom is -0.267 e. The van der Waals surface area contributed by atoms with Crippen molar-refractivity contribution < 1.29 is 4.79 Å². The van der Waals surface area contributed by atoms with E-state index in [4.69, 9.17) is 23.2 Å². The van der Waals surface area contributed by atoms with Crippen molar-refractivity contribution in [3.8, 4) is 0 Å². The molecule has 0 saturated carbocycles. The van der Waals surface area contributed by atoms with Gasteiger partial charge in [-0.1, -0.05) is 47.0 Å². The van der Waals surface area contributed by atoms with E-state index in [0.717, 1.165) is 11.1 Å². The van der Waals surface area contributed by atoms with E-state index in [2.05, 4.69) is 16.6 Å². The molecule has 108 valence electrons. The largest absolute Gasteiger partial charge is 0.272 e. The van der Waals surface area contributed by atoms with Crippen molar-refractivity contribution in [1.29, 1.82) is 0 Å². The van der Waals surface area contributed by atoms with Gasteiger partial charge in [-0.15, -0.1) is 0 Å². The molecule has 3 nitrogen and oxygen atoms in total. The predicted molar refractivity (Wildman–Crippen MR) is 87.4 cm³/mol. The topological polar surface area (TPSA) is 41.5 Å². The highest BCUT2D eigenvalue weighted by Gasteiger charge is 2.09. The lowest BCUT2D eigenvalue weighted by molar-refractivity contribution is 0.0955. The number of nitrogens with one attached hydrogen (secondary N) is 1. The van der Waals surface area contributed by atoms with Crippen molar-refractivity contribution in [2.75, 3.05) is 0 Å². The normalized spacial score (nSPS) is 10.9. The lowest BCUT2D eigenvalue weighted by Gasteiger charge is -2.04. The van der Waals surface area contributed by atoms with Crippen molar-refractivity contribution >= 4 is 35.3 Å². The summed E-state index contributed by atoms with van der Waals surface area (Å²) in [4.78, 5) is 12.0. The van der Waals surface area contributed by atoms with Gasteiger partial charge < -0.3 is 0 Å². The number of aryl methyl sites for hydroxylation is 2. The van der Waals surface area contributed by atoms with Crippen LogP contribution in [-0.4, -0.2) is 12.1 Å². The zero-order chi connectivity index (χ0) is 15.4. The first kappa shape index (κ1) is 15.5. The fraction of sp³-hybridized carbons (Fsp3) is 0.125. The number of benzene rings is 2. The first-order valence-electron chi connectivity index (χ1n) is 6.33. The van der Waals surface area contributed by atoms with Gasteiger partial charge in [0.15, 0.2) is 0 Å². The van der Waals surface area contributed by atoms with Crippen LogP contribution in [0.4, 0.5) is 0 Å². The number of carbonyl (C=O) groups excluding carboxylic acids is 1. The number of hydrogen-bond donors (Lipinski definition) is 1. The van der Waals surface area contributed by atoms with Crippen molar-refractivity contribution in [3.05, 3.63) is 68.7 Å². The minimum atomic E-state index is -0.400. The van der Waals surface area contributed by atoms with E-state index < -0.39 is 5.91 Å². The van der Waals surface area contributed by atoms with Crippen LogP contribution in [0.5, 0.6) is 0 Å². The molecule has 0 aliphatic carbocycles. The predicted octanol–water partition coefficient (Wildman–Crippen LogP) is 4.37. The maximum absolute atomic E-state index is 12.0. The molecule has 0 saturated heterocycles. The molecule has 0 aliphatic rings. The molecule has 0 heterocycles. The van der Waals surface area contributed by atoms with Crippen LogP contribution in [0.15, 0.2) is 41.5 Å². The number of halogens is 2.